The Kier molecular flexibility index (Phi) is 9.04. The van der Waals surface area contributed by atoms with Crippen LogP contribution in [0.5, 0.6) is 0 Å². The Morgan fingerprint density at radius 3 is 1.16 bits per heavy atom. The molecule has 0 heterocycles. The normalized spacial score (nSPS) is 14.8. The zero-order valence-electron chi connectivity index (χ0n) is 42.1. The molecule has 0 bridgehead atoms. The van der Waals surface area contributed by atoms with Gasteiger partial charge >= 0.3 is 0 Å². The van der Waals surface area contributed by atoms with Crippen molar-refractivity contribution in [1.82, 2.24) is 0 Å². The zero-order chi connectivity index (χ0) is 49.5. The maximum absolute atomic E-state index is 2.52. The average Bonchev–Trinajstić information content (AvgIpc) is 4.12. The van der Waals surface area contributed by atoms with E-state index in [4.69, 9.17) is 0 Å². The molecule has 350 valence electrons. The number of nitrogens with zero attached hydrogens (tertiary/aromatic N) is 1. The minimum absolute atomic E-state index is 0.0756. The number of hydrogen-bond acceptors (Lipinski definition) is 1. The van der Waals surface area contributed by atoms with Crippen molar-refractivity contribution < 1.29 is 0 Å². The highest BCUT2D eigenvalue weighted by molar-refractivity contribution is 6.03. The highest BCUT2D eigenvalue weighted by Crippen LogP contribution is 2.65. The maximum atomic E-state index is 2.52. The van der Waals surface area contributed by atoms with Gasteiger partial charge in [0.2, 0.25) is 0 Å². The molecule has 11 aromatic carbocycles. The Hall–Kier alpha value is -8.78. The molecule has 11 aromatic rings. The molecule has 0 radical (unpaired) electrons. The summed E-state index contributed by atoms with van der Waals surface area (Å²) < 4.78 is 0. The first-order chi connectivity index (χ1) is 36.2. The van der Waals surface area contributed by atoms with Gasteiger partial charge in [0, 0.05) is 27.8 Å². The number of anilines is 3. The molecule has 0 saturated carbocycles. The molecule has 15 rings (SSSR count). The molecule has 4 aliphatic carbocycles. The summed E-state index contributed by atoms with van der Waals surface area (Å²) in [6.45, 7) is 9.46. The summed E-state index contributed by atoms with van der Waals surface area (Å²) in [6, 6.07) is 94.0. The summed E-state index contributed by atoms with van der Waals surface area (Å²) in [5.74, 6) is 0. The van der Waals surface area contributed by atoms with Crippen LogP contribution in [0.4, 0.5) is 17.1 Å². The van der Waals surface area contributed by atoms with E-state index >= 15 is 0 Å². The first-order valence-electron chi connectivity index (χ1n) is 26.3. The highest BCUT2D eigenvalue weighted by Gasteiger charge is 2.52. The lowest BCUT2D eigenvalue weighted by atomic mass is 9.70. The van der Waals surface area contributed by atoms with Crippen LogP contribution in [-0.2, 0) is 16.2 Å². The van der Waals surface area contributed by atoms with Crippen LogP contribution in [0, 0.1) is 0 Å². The van der Waals surface area contributed by atoms with Gasteiger partial charge in [-0.25, -0.2) is 0 Å². The van der Waals surface area contributed by atoms with Gasteiger partial charge in [-0.2, -0.15) is 0 Å². The quantitative estimate of drug-likeness (QED) is 0.161. The van der Waals surface area contributed by atoms with Crippen LogP contribution >= 0.6 is 0 Å². The van der Waals surface area contributed by atoms with E-state index in [1.54, 1.807) is 0 Å². The monoisotopic (exact) mass is 943 g/mol. The Labute approximate surface area is 434 Å². The van der Waals surface area contributed by atoms with Crippen molar-refractivity contribution in [3.05, 3.63) is 293 Å². The predicted octanol–water partition coefficient (Wildman–Crippen LogP) is 19.1. The molecule has 74 heavy (non-hydrogen) atoms. The van der Waals surface area contributed by atoms with Crippen molar-refractivity contribution in [1.29, 1.82) is 0 Å². The number of benzene rings is 11. The van der Waals surface area contributed by atoms with E-state index in [1.807, 2.05) is 0 Å². The molecular formula is C73H53N. The maximum Gasteiger partial charge on any atom is 0.0726 e. The van der Waals surface area contributed by atoms with E-state index < -0.39 is 5.41 Å². The summed E-state index contributed by atoms with van der Waals surface area (Å²) in [7, 11) is 0. The molecule has 0 saturated heterocycles. The Morgan fingerprint density at radius 1 is 0.243 bits per heavy atom. The van der Waals surface area contributed by atoms with Gasteiger partial charge in [-0.15, -0.1) is 0 Å². The summed E-state index contributed by atoms with van der Waals surface area (Å²) in [5, 5.41) is 0. The second kappa shape index (κ2) is 15.6. The largest absolute Gasteiger partial charge is 0.310 e. The highest BCUT2D eigenvalue weighted by atomic mass is 15.1. The standard InChI is InChI=1S/C73H53N/c1-71(2)59-27-12-10-23-56(59)68-52(25-16-31-63(68)71)47-35-40-50(41-36-47)74(51-42-37-48(38-43-51)53-26-17-32-64-69(53)57-24-11-13-28-60(57)72(64,3)4)67-34-18-33-65-70(67)58-44-39-49(46-19-6-5-7-20-46)45-66(58)73(65)61-29-14-8-21-54(61)55-22-9-15-30-62(55)73/h5-45H,1-4H3. The van der Waals surface area contributed by atoms with Gasteiger partial charge in [-0.05, 0) is 153 Å². The van der Waals surface area contributed by atoms with E-state index in [9.17, 15) is 0 Å². The summed E-state index contributed by atoms with van der Waals surface area (Å²) >= 11 is 0. The fourth-order valence-electron chi connectivity index (χ4n) is 14.2. The van der Waals surface area contributed by atoms with Crippen molar-refractivity contribution in [2.24, 2.45) is 0 Å². The summed E-state index contributed by atoms with van der Waals surface area (Å²) in [6.07, 6.45) is 0. The van der Waals surface area contributed by atoms with Crippen molar-refractivity contribution in [2.45, 2.75) is 43.9 Å². The molecule has 0 fully saturated rings. The van der Waals surface area contributed by atoms with Gasteiger partial charge in [0.1, 0.15) is 0 Å². The van der Waals surface area contributed by atoms with E-state index in [0.717, 1.165) is 17.1 Å². The van der Waals surface area contributed by atoms with Crippen LogP contribution in [0.3, 0.4) is 0 Å². The zero-order valence-corrected chi connectivity index (χ0v) is 42.1. The third kappa shape index (κ3) is 5.76. The number of hydrogen-bond donors (Lipinski definition) is 0. The van der Waals surface area contributed by atoms with E-state index in [1.165, 1.54) is 122 Å². The van der Waals surface area contributed by atoms with Crippen molar-refractivity contribution in [3.8, 4) is 77.9 Å². The van der Waals surface area contributed by atoms with Crippen LogP contribution < -0.4 is 4.90 Å². The lowest BCUT2D eigenvalue weighted by molar-refractivity contribution is 0.660. The predicted molar refractivity (Wildman–Crippen MR) is 309 cm³/mol. The average molecular weight is 944 g/mol. The van der Waals surface area contributed by atoms with E-state index in [-0.39, 0.29) is 10.8 Å². The minimum atomic E-state index is -0.520. The van der Waals surface area contributed by atoms with Gasteiger partial charge in [0.15, 0.2) is 0 Å². The molecule has 0 unspecified atom stereocenters. The molecule has 1 heteroatoms. The smallest absolute Gasteiger partial charge is 0.0726 e. The summed E-state index contributed by atoms with van der Waals surface area (Å²) in [4.78, 5) is 2.52. The van der Waals surface area contributed by atoms with Crippen molar-refractivity contribution in [3.63, 3.8) is 0 Å². The van der Waals surface area contributed by atoms with Crippen LogP contribution in [0.15, 0.2) is 249 Å². The van der Waals surface area contributed by atoms with Gasteiger partial charge < -0.3 is 4.90 Å². The molecule has 0 atom stereocenters. The van der Waals surface area contributed by atoms with Crippen LogP contribution in [0.25, 0.3) is 77.9 Å². The number of rotatable bonds is 6. The molecule has 4 aliphatic rings. The molecule has 0 amide bonds. The molecular weight excluding hydrogens is 891 g/mol. The van der Waals surface area contributed by atoms with Gasteiger partial charge in [0.25, 0.3) is 0 Å². The fraction of sp³-hybridized carbons (Fsp3) is 0.0959. The third-order valence-electron chi connectivity index (χ3n) is 17.5. The van der Waals surface area contributed by atoms with Crippen LogP contribution in [0.2, 0.25) is 0 Å². The molecule has 0 aliphatic heterocycles. The Balaban J connectivity index is 0.950. The second-order valence-electron chi connectivity index (χ2n) is 21.9. The second-order valence-corrected chi connectivity index (χ2v) is 21.9. The topological polar surface area (TPSA) is 3.24 Å². The first-order valence-corrected chi connectivity index (χ1v) is 26.3. The molecule has 0 aromatic heterocycles. The molecule has 0 N–H and O–H groups in total. The Morgan fingerprint density at radius 2 is 0.635 bits per heavy atom. The lowest BCUT2D eigenvalue weighted by Gasteiger charge is -2.32. The third-order valence-corrected chi connectivity index (χ3v) is 17.5. The lowest BCUT2D eigenvalue weighted by Crippen LogP contribution is -2.26. The van der Waals surface area contributed by atoms with Crippen molar-refractivity contribution >= 4 is 17.1 Å². The van der Waals surface area contributed by atoms with E-state index in [0.29, 0.717) is 0 Å². The minimum Gasteiger partial charge on any atom is -0.310 e. The molecule has 1 nitrogen and oxygen atoms in total. The van der Waals surface area contributed by atoms with Crippen molar-refractivity contribution in [2.75, 3.05) is 4.90 Å². The molecule has 1 spiro atoms. The van der Waals surface area contributed by atoms with Gasteiger partial charge in [0.05, 0.1) is 11.1 Å². The van der Waals surface area contributed by atoms with Crippen LogP contribution in [-0.4, -0.2) is 0 Å². The SMILES string of the molecule is CC1(C)c2ccccc2-c2c(-c3ccc(N(c4ccc(-c5cccc6c5-c5ccccc5C6(C)C)cc4)c4cccc5c4-c4ccc(-c6ccccc6)cc4C54c5ccccc5-c5ccccc54)cc3)cccc21. The van der Waals surface area contributed by atoms with Gasteiger partial charge in [-0.1, -0.05) is 240 Å². The first kappa shape index (κ1) is 42.9. The summed E-state index contributed by atoms with van der Waals surface area (Å²) in [5.41, 5.74) is 31.5. The van der Waals surface area contributed by atoms with E-state index in [2.05, 4.69) is 281 Å². The fourth-order valence-corrected chi connectivity index (χ4v) is 14.2. The Bertz CT molecular complexity index is 3920. The van der Waals surface area contributed by atoms with Gasteiger partial charge in [-0.3, -0.25) is 0 Å². The number of fused-ring (bicyclic) bond motifs is 16. The van der Waals surface area contributed by atoms with Crippen LogP contribution in [0.1, 0.15) is 72.2 Å².